The number of hydrogen-bond acceptors (Lipinski definition) is 3. The van der Waals surface area contributed by atoms with Crippen molar-refractivity contribution in [3.8, 4) is 0 Å². The molecule has 1 unspecified atom stereocenters. The number of amides is 1. The van der Waals surface area contributed by atoms with Crippen LogP contribution in [0.25, 0.3) is 0 Å². The Morgan fingerprint density at radius 2 is 1.92 bits per heavy atom. The minimum absolute atomic E-state index is 0.0683. The highest BCUT2D eigenvalue weighted by molar-refractivity contribution is 5.95. The molecule has 0 aliphatic heterocycles. The van der Waals surface area contributed by atoms with E-state index < -0.39 is 4.92 Å². The lowest BCUT2D eigenvalue weighted by Gasteiger charge is -2.15. The lowest BCUT2D eigenvalue weighted by atomic mass is 10.1. The minimum Gasteiger partial charge on any atom is -0.326 e. The molecule has 132 valence electrons. The molecular weight excluding hydrogens is 325 g/mol. The van der Waals surface area contributed by atoms with Crippen LogP contribution in [0.2, 0.25) is 0 Å². The van der Waals surface area contributed by atoms with Crippen LogP contribution in [0, 0.1) is 29.8 Å². The van der Waals surface area contributed by atoms with E-state index in [1.807, 2.05) is 6.92 Å². The summed E-state index contributed by atoms with van der Waals surface area (Å²) in [5.41, 5.74) is 2.12. The first-order valence-corrected chi connectivity index (χ1v) is 7.88. The van der Waals surface area contributed by atoms with Crippen molar-refractivity contribution in [2.75, 3.05) is 18.9 Å². The van der Waals surface area contributed by atoms with Gasteiger partial charge in [0.15, 0.2) is 6.54 Å². The van der Waals surface area contributed by atoms with Crippen molar-refractivity contribution in [3.05, 3.63) is 69.0 Å². The van der Waals surface area contributed by atoms with E-state index in [0.29, 0.717) is 17.7 Å². The van der Waals surface area contributed by atoms with E-state index in [1.54, 1.807) is 38.2 Å². The predicted molar refractivity (Wildman–Crippen MR) is 93.1 cm³/mol. The van der Waals surface area contributed by atoms with Gasteiger partial charge in [0.25, 0.3) is 11.6 Å². The van der Waals surface area contributed by atoms with E-state index in [1.165, 1.54) is 12.1 Å². The van der Waals surface area contributed by atoms with E-state index >= 15 is 0 Å². The predicted octanol–water partition coefficient (Wildman–Crippen LogP) is 2.00. The Balaban J connectivity index is 2.09. The Kier molecular flexibility index (Phi) is 5.82. The standard InChI is InChI=1S/C18H20FN3O3/c1-12-8-9-16(22(24)25)18(13(12)2)20-17(23)11-21(3)10-14-6-4-5-7-15(14)19/h4-9H,10-11H2,1-3H3,(H,20,23)/p+1. The Labute approximate surface area is 145 Å². The third-order valence-corrected chi connectivity index (χ3v) is 4.09. The van der Waals surface area contributed by atoms with Crippen LogP contribution >= 0.6 is 0 Å². The molecular formula is C18H21FN3O3+. The van der Waals surface area contributed by atoms with E-state index in [-0.39, 0.29) is 29.6 Å². The fourth-order valence-corrected chi connectivity index (χ4v) is 2.60. The molecule has 2 N–H and O–H groups in total. The molecule has 0 bridgehead atoms. The maximum atomic E-state index is 13.7. The van der Waals surface area contributed by atoms with Crippen LogP contribution in [-0.2, 0) is 11.3 Å². The van der Waals surface area contributed by atoms with Crippen molar-refractivity contribution in [1.82, 2.24) is 0 Å². The van der Waals surface area contributed by atoms with Gasteiger partial charge in [-0.3, -0.25) is 14.9 Å². The number of anilines is 1. The fourth-order valence-electron chi connectivity index (χ4n) is 2.60. The molecule has 7 heteroatoms. The van der Waals surface area contributed by atoms with Gasteiger partial charge in [0.05, 0.1) is 12.0 Å². The van der Waals surface area contributed by atoms with Crippen molar-refractivity contribution in [1.29, 1.82) is 0 Å². The zero-order chi connectivity index (χ0) is 18.6. The SMILES string of the molecule is Cc1ccc([N+](=O)[O-])c(NC(=O)C[NH+](C)Cc2ccccc2F)c1C. The summed E-state index contributed by atoms with van der Waals surface area (Å²) in [6, 6.07) is 9.44. The summed E-state index contributed by atoms with van der Waals surface area (Å²) >= 11 is 0. The number of nitro groups is 1. The number of nitrogens with zero attached hydrogens (tertiary/aromatic N) is 1. The molecule has 0 saturated carbocycles. The van der Waals surface area contributed by atoms with Crippen LogP contribution in [-0.4, -0.2) is 24.4 Å². The topological polar surface area (TPSA) is 76.7 Å². The van der Waals surface area contributed by atoms with E-state index in [2.05, 4.69) is 5.32 Å². The van der Waals surface area contributed by atoms with Crippen LogP contribution in [0.5, 0.6) is 0 Å². The molecule has 25 heavy (non-hydrogen) atoms. The Morgan fingerprint density at radius 3 is 2.56 bits per heavy atom. The lowest BCUT2D eigenvalue weighted by Crippen LogP contribution is -3.08. The number of hydrogen-bond donors (Lipinski definition) is 2. The molecule has 2 rings (SSSR count). The number of carbonyl (C=O) groups is 1. The summed E-state index contributed by atoms with van der Waals surface area (Å²) in [5, 5.41) is 13.8. The van der Waals surface area contributed by atoms with E-state index in [4.69, 9.17) is 0 Å². The zero-order valence-corrected chi connectivity index (χ0v) is 14.4. The first-order valence-electron chi connectivity index (χ1n) is 7.88. The first kappa shape index (κ1) is 18.5. The van der Waals surface area contributed by atoms with Crippen LogP contribution in [0.1, 0.15) is 16.7 Å². The number of rotatable bonds is 6. The van der Waals surface area contributed by atoms with Crippen LogP contribution in [0.15, 0.2) is 36.4 Å². The summed E-state index contributed by atoms with van der Waals surface area (Å²) < 4.78 is 13.7. The summed E-state index contributed by atoms with van der Waals surface area (Å²) in [6.07, 6.45) is 0. The molecule has 2 aromatic rings. The number of halogens is 1. The van der Waals surface area contributed by atoms with Gasteiger partial charge >= 0.3 is 0 Å². The number of quaternary nitrogens is 1. The van der Waals surface area contributed by atoms with Crippen molar-refractivity contribution >= 4 is 17.3 Å². The van der Waals surface area contributed by atoms with Gasteiger partial charge in [-0.15, -0.1) is 0 Å². The lowest BCUT2D eigenvalue weighted by molar-refractivity contribution is -0.885. The second-order valence-electron chi connectivity index (χ2n) is 6.11. The highest BCUT2D eigenvalue weighted by atomic mass is 19.1. The number of nitro benzene ring substituents is 1. The summed E-state index contributed by atoms with van der Waals surface area (Å²) in [7, 11) is 1.77. The quantitative estimate of drug-likeness (QED) is 0.620. The van der Waals surface area contributed by atoms with Crippen molar-refractivity contribution in [2.24, 2.45) is 0 Å². The highest BCUT2D eigenvalue weighted by Crippen LogP contribution is 2.29. The van der Waals surface area contributed by atoms with Crippen molar-refractivity contribution in [3.63, 3.8) is 0 Å². The molecule has 0 saturated heterocycles. The van der Waals surface area contributed by atoms with Gasteiger partial charge in [-0.2, -0.15) is 0 Å². The average molecular weight is 346 g/mol. The number of likely N-dealkylation sites (N-methyl/N-ethyl adjacent to an activating group) is 1. The van der Waals surface area contributed by atoms with E-state index in [9.17, 15) is 19.3 Å². The molecule has 0 spiro atoms. The monoisotopic (exact) mass is 346 g/mol. The Hall–Kier alpha value is -2.80. The number of carbonyl (C=O) groups excluding carboxylic acids is 1. The Morgan fingerprint density at radius 1 is 1.24 bits per heavy atom. The molecule has 0 aliphatic rings. The first-order chi connectivity index (χ1) is 11.8. The number of aryl methyl sites for hydroxylation is 1. The molecule has 2 aromatic carbocycles. The molecule has 1 amide bonds. The second-order valence-corrected chi connectivity index (χ2v) is 6.11. The molecule has 0 heterocycles. The van der Waals surface area contributed by atoms with Gasteiger partial charge in [0, 0.05) is 11.6 Å². The Bertz CT molecular complexity index is 808. The summed E-state index contributed by atoms with van der Waals surface area (Å²) in [6.45, 7) is 3.96. The molecule has 6 nitrogen and oxygen atoms in total. The number of nitrogens with one attached hydrogen (secondary N) is 2. The maximum Gasteiger partial charge on any atom is 0.293 e. The van der Waals surface area contributed by atoms with Crippen molar-refractivity contribution < 1.29 is 19.0 Å². The molecule has 0 radical (unpaired) electrons. The van der Waals surface area contributed by atoms with Crippen LogP contribution in [0.4, 0.5) is 15.8 Å². The van der Waals surface area contributed by atoms with Gasteiger partial charge in [-0.1, -0.05) is 24.3 Å². The van der Waals surface area contributed by atoms with E-state index in [0.717, 1.165) is 10.5 Å². The normalized spacial score (nSPS) is 11.8. The van der Waals surface area contributed by atoms with Gasteiger partial charge in [0.2, 0.25) is 0 Å². The molecule has 0 aromatic heterocycles. The highest BCUT2D eigenvalue weighted by Gasteiger charge is 2.21. The van der Waals surface area contributed by atoms with Gasteiger partial charge in [-0.25, -0.2) is 4.39 Å². The van der Waals surface area contributed by atoms with Crippen LogP contribution in [0.3, 0.4) is 0 Å². The number of benzene rings is 2. The molecule has 0 aliphatic carbocycles. The fraction of sp³-hybridized carbons (Fsp3) is 0.278. The third-order valence-electron chi connectivity index (χ3n) is 4.09. The molecule has 1 atom stereocenters. The van der Waals surface area contributed by atoms with Crippen LogP contribution < -0.4 is 10.2 Å². The summed E-state index contributed by atoms with van der Waals surface area (Å²) in [4.78, 5) is 23.7. The minimum atomic E-state index is -0.516. The maximum absolute atomic E-state index is 13.7. The smallest absolute Gasteiger partial charge is 0.293 e. The zero-order valence-electron chi connectivity index (χ0n) is 14.4. The largest absolute Gasteiger partial charge is 0.326 e. The van der Waals surface area contributed by atoms with Gasteiger partial charge in [0.1, 0.15) is 18.0 Å². The molecule has 0 fully saturated rings. The van der Waals surface area contributed by atoms with Gasteiger partial charge < -0.3 is 10.2 Å². The summed E-state index contributed by atoms with van der Waals surface area (Å²) in [5.74, 6) is -0.668. The van der Waals surface area contributed by atoms with Gasteiger partial charge in [-0.05, 0) is 31.0 Å². The third kappa shape index (κ3) is 4.60. The average Bonchev–Trinajstić information content (AvgIpc) is 2.53. The van der Waals surface area contributed by atoms with Crippen molar-refractivity contribution in [2.45, 2.75) is 20.4 Å². The second kappa shape index (κ2) is 7.85.